The van der Waals surface area contributed by atoms with Crippen LogP contribution in [0.4, 0.5) is 0 Å². The molecule has 2 heteroatoms. The van der Waals surface area contributed by atoms with E-state index in [2.05, 4.69) is 18.9 Å². The fourth-order valence-electron chi connectivity index (χ4n) is 0.160. The van der Waals surface area contributed by atoms with E-state index in [1.807, 2.05) is 0 Å². The van der Waals surface area contributed by atoms with Gasteiger partial charge in [0, 0.05) is 0 Å². The highest BCUT2D eigenvalue weighted by Crippen LogP contribution is 2.16. The Morgan fingerprint density at radius 1 is 1.14 bits per heavy atom. The number of hydrogen-bond acceptors (Lipinski definition) is 2. The first-order valence-electron chi connectivity index (χ1n) is 2.40. The van der Waals surface area contributed by atoms with Crippen molar-refractivity contribution in [2.45, 2.75) is 13.8 Å². The lowest BCUT2D eigenvalue weighted by atomic mass is 11.0. The van der Waals surface area contributed by atoms with Crippen LogP contribution >= 0.6 is 23.5 Å². The van der Waals surface area contributed by atoms with Crippen molar-refractivity contribution in [3.05, 3.63) is 5.08 Å². The molecule has 0 saturated carbocycles. The molecule has 0 N–H and O–H groups in total. The van der Waals surface area contributed by atoms with Gasteiger partial charge in [-0.1, -0.05) is 13.8 Å². The minimum Gasteiger partial charge on any atom is -0.140 e. The van der Waals surface area contributed by atoms with Crippen LogP contribution in [0, 0.1) is 5.08 Å². The highest BCUT2D eigenvalue weighted by atomic mass is 32.2. The molecule has 0 bridgehead atoms. The van der Waals surface area contributed by atoms with Crippen molar-refractivity contribution in [1.82, 2.24) is 0 Å². The first-order valence-corrected chi connectivity index (χ1v) is 4.37. The van der Waals surface area contributed by atoms with E-state index in [1.54, 1.807) is 23.5 Å². The van der Waals surface area contributed by atoms with Crippen LogP contribution in [0.25, 0.3) is 0 Å². The smallest absolute Gasteiger partial charge is 0.113 e. The summed E-state index contributed by atoms with van der Waals surface area (Å²) >= 11 is 3.49. The molecule has 0 fully saturated rings. The Kier molecular flexibility index (Phi) is 7.37. The summed E-state index contributed by atoms with van der Waals surface area (Å²) in [6.07, 6.45) is 0. The molecule has 0 aliphatic rings. The Morgan fingerprint density at radius 3 is 1.86 bits per heavy atom. The summed E-state index contributed by atoms with van der Waals surface area (Å²) in [6, 6.07) is 0. The molecule has 0 aliphatic heterocycles. The van der Waals surface area contributed by atoms with E-state index in [-0.39, 0.29) is 0 Å². The van der Waals surface area contributed by atoms with Gasteiger partial charge in [0.15, 0.2) is 0 Å². The molecule has 0 saturated heterocycles. The lowest BCUT2D eigenvalue weighted by Gasteiger charge is -1.89. The zero-order chi connectivity index (χ0) is 5.54. The maximum Gasteiger partial charge on any atom is 0.113 e. The van der Waals surface area contributed by atoms with Gasteiger partial charge in [-0.2, -0.15) is 0 Å². The van der Waals surface area contributed by atoms with E-state index in [0.29, 0.717) is 0 Å². The van der Waals surface area contributed by atoms with Gasteiger partial charge >= 0.3 is 0 Å². The second-order valence-electron chi connectivity index (χ2n) is 0.949. The molecular formula is C5H10S2. The standard InChI is InChI=1S/C5H10S2/c1-3-6-5-7-4-2/h3-4H2,1-2H3. The number of rotatable bonds is 4. The SMILES string of the molecule is CCS[C]SCC. The van der Waals surface area contributed by atoms with Crippen LogP contribution in [0.2, 0.25) is 0 Å². The molecule has 0 aromatic carbocycles. The summed E-state index contributed by atoms with van der Waals surface area (Å²) in [7, 11) is 0. The van der Waals surface area contributed by atoms with Crippen LogP contribution in [-0.2, 0) is 0 Å². The highest BCUT2D eigenvalue weighted by molar-refractivity contribution is 8.19. The van der Waals surface area contributed by atoms with Crippen molar-refractivity contribution in [2.75, 3.05) is 11.5 Å². The van der Waals surface area contributed by atoms with Crippen LogP contribution in [-0.4, -0.2) is 11.5 Å². The van der Waals surface area contributed by atoms with Crippen LogP contribution in [0.1, 0.15) is 13.8 Å². The van der Waals surface area contributed by atoms with Crippen molar-refractivity contribution in [2.24, 2.45) is 0 Å². The van der Waals surface area contributed by atoms with Gasteiger partial charge in [-0.25, -0.2) is 0 Å². The molecular weight excluding hydrogens is 124 g/mol. The lowest BCUT2D eigenvalue weighted by Crippen LogP contribution is -1.64. The molecule has 0 nitrogen and oxygen atoms in total. The fraction of sp³-hybridized carbons (Fsp3) is 0.800. The Hall–Kier alpha value is 0.700. The van der Waals surface area contributed by atoms with Crippen molar-refractivity contribution in [3.63, 3.8) is 0 Å². The minimum absolute atomic E-state index is 1.15. The molecule has 0 heterocycles. The normalized spacial score (nSPS) is 9.43. The summed E-state index contributed by atoms with van der Waals surface area (Å²) in [6.45, 7) is 4.27. The molecule has 42 valence electrons. The van der Waals surface area contributed by atoms with Gasteiger partial charge in [0.05, 0.1) is 0 Å². The third kappa shape index (κ3) is 6.70. The summed E-state index contributed by atoms with van der Waals surface area (Å²) in [4.78, 5) is 0. The van der Waals surface area contributed by atoms with Crippen molar-refractivity contribution in [1.29, 1.82) is 0 Å². The first kappa shape index (κ1) is 7.70. The Balaban J connectivity index is 2.45. The van der Waals surface area contributed by atoms with Crippen molar-refractivity contribution in [3.8, 4) is 0 Å². The Morgan fingerprint density at radius 2 is 1.57 bits per heavy atom. The third-order valence-corrected chi connectivity index (χ3v) is 1.93. The van der Waals surface area contributed by atoms with E-state index in [9.17, 15) is 0 Å². The van der Waals surface area contributed by atoms with E-state index in [4.69, 9.17) is 0 Å². The zero-order valence-electron chi connectivity index (χ0n) is 4.73. The van der Waals surface area contributed by atoms with Gasteiger partial charge in [0.2, 0.25) is 0 Å². The molecule has 0 aromatic rings. The predicted octanol–water partition coefficient (Wildman–Crippen LogP) is 2.49. The highest BCUT2D eigenvalue weighted by Gasteiger charge is 1.82. The summed E-state index contributed by atoms with van der Waals surface area (Å²) in [5.74, 6) is 2.29. The van der Waals surface area contributed by atoms with E-state index in [1.165, 1.54) is 0 Å². The predicted molar refractivity (Wildman–Crippen MR) is 39.5 cm³/mol. The van der Waals surface area contributed by atoms with E-state index in [0.717, 1.165) is 11.5 Å². The number of thioether (sulfide) groups is 2. The molecule has 0 spiro atoms. The van der Waals surface area contributed by atoms with Crippen LogP contribution < -0.4 is 0 Å². The first-order chi connectivity index (χ1) is 3.41. The maximum absolute atomic E-state index is 3.12. The molecule has 0 unspecified atom stereocenters. The minimum atomic E-state index is 1.15. The van der Waals surface area contributed by atoms with E-state index >= 15 is 0 Å². The quantitative estimate of drug-likeness (QED) is 0.542. The molecule has 2 radical (unpaired) electrons. The molecule has 0 rings (SSSR count). The average Bonchev–Trinajstić information content (AvgIpc) is 1.69. The molecule has 0 aliphatic carbocycles. The van der Waals surface area contributed by atoms with Crippen LogP contribution in [0.5, 0.6) is 0 Å². The van der Waals surface area contributed by atoms with Crippen molar-refractivity contribution < 1.29 is 0 Å². The van der Waals surface area contributed by atoms with Gasteiger partial charge in [-0.3, -0.25) is 0 Å². The van der Waals surface area contributed by atoms with Crippen LogP contribution in [0.15, 0.2) is 0 Å². The van der Waals surface area contributed by atoms with Crippen molar-refractivity contribution >= 4 is 23.5 Å². The zero-order valence-corrected chi connectivity index (χ0v) is 6.36. The third-order valence-electron chi connectivity index (χ3n) is 0.407. The summed E-state index contributed by atoms with van der Waals surface area (Å²) < 4.78 is 0. The molecule has 0 aromatic heterocycles. The van der Waals surface area contributed by atoms with Crippen LogP contribution in [0.3, 0.4) is 0 Å². The second-order valence-corrected chi connectivity index (χ2v) is 3.35. The van der Waals surface area contributed by atoms with Gasteiger partial charge in [0.25, 0.3) is 0 Å². The topological polar surface area (TPSA) is 0 Å². The second kappa shape index (κ2) is 6.70. The van der Waals surface area contributed by atoms with Gasteiger partial charge in [-0.05, 0) is 11.5 Å². The maximum atomic E-state index is 3.12. The fourth-order valence-corrected chi connectivity index (χ4v) is 1.44. The molecule has 7 heavy (non-hydrogen) atoms. The number of hydrogen-bond donors (Lipinski definition) is 0. The van der Waals surface area contributed by atoms with Gasteiger partial charge in [-0.15, -0.1) is 23.5 Å². The molecule has 0 amide bonds. The Bertz CT molecular complexity index is 25.3. The Labute approximate surface area is 54.4 Å². The largest absolute Gasteiger partial charge is 0.140 e. The van der Waals surface area contributed by atoms with Gasteiger partial charge in [0.1, 0.15) is 5.08 Å². The van der Waals surface area contributed by atoms with E-state index < -0.39 is 0 Å². The molecule has 0 atom stereocenters. The summed E-state index contributed by atoms with van der Waals surface area (Å²) in [5.41, 5.74) is 0. The lowest BCUT2D eigenvalue weighted by molar-refractivity contribution is 1.53. The van der Waals surface area contributed by atoms with Gasteiger partial charge < -0.3 is 0 Å². The average molecular weight is 134 g/mol. The monoisotopic (exact) mass is 134 g/mol. The summed E-state index contributed by atoms with van der Waals surface area (Å²) in [5, 5.41) is 3.12.